The van der Waals surface area contributed by atoms with E-state index in [-0.39, 0.29) is 5.75 Å². The summed E-state index contributed by atoms with van der Waals surface area (Å²) in [6.07, 6.45) is 0. The van der Waals surface area contributed by atoms with Gasteiger partial charge >= 0.3 is 12.6 Å². The molecule has 29 heavy (non-hydrogen) atoms. The van der Waals surface area contributed by atoms with Gasteiger partial charge in [-0.2, -0.15) is 8.78 Å². The first-order valence-electron chi connectivity index (χ1n) is 8.75. The lowest BCUT2D eigenvalue weighted by Crippen LogP contribution is -2.42. The normalized spacial score (nSPS) is 18.7. The smallest absolute Gasteiger partial charge is 0.387 e. The molecule has 7 nitrogen and oxygen atoms in total. The maximum atomic E-state index is 12.9. The Labute approximate surface area is 165 Å². The fourth-order valence-corrected chi connectivity index (χ4v) is 3.05. The first kappa shape index (κ1) is 20.2. The highest BCUT2D eigenvalue weighted by Crippen LogP contribution is 2.30. The monoisotopic (exact) mass is 403 g/mol. The minimum absolute atomic E-state index is 0.0708. The molecule has 1 heterocycles. The van der Waals surface area contributed by atoms with Crippen LogP contribution in [0.4, 0.5) is 19.3 Å². The average molecular weight is 403 g/mol. The molecule has 3 rings (SSSR count). The minimum Gasteiger partial charge on any atom is -0.435 e. The number of aryl methyl sites for hydroxylation is 1. The van der Waals surface area contributed by atoms with Gasteiger partial charge in [-0.1, -0.05) is 30.3 Å². The molecule has 0 saturated carbocycles. The van der Waals surface area contributed by atoms with Gasteiger partial charge in [-0.25, -0.2) is 4.79 Å². The number of benzene rings is 2. The van der Waals surface area contributed by atoms with E-state index in [1.165, 1.54) is 31.2 Å². The number of para-hydroxylation sites is 1. The van der Waals surface area contributed by atoms with Crippen LogP contribution in [0.2, 0.25) is 0 Å². The van der Waals surface area contributed by atoms with Crippen molar-refractivity contribution in [2.24, 2.45) is 0 Å². The summed E-state index contributed by atoms with van der Waals surface area (Å²) in [5.74, 6) is -1.21. The summed E-state index contributed by atoms with van der Waals surface area (Å²) in [6.45, 7) is -0.121. The van der Waals surface area contributed by atoms with Crippen LogP contribution in [-0.2, 0) is 15.1 Å². The standard InChI is InChI=1S/C20H19F2N3O4/c1-12-5-3-4-6-15(12)23-16(26)11-25-17(27)20(2,24-19(25)28)13-7-9-14(10-8-13)29-18(21)22/h3-10,18H,11H2,1-2H3,(H,23,26)(H,24,28)/t20-/m0/s1. The van der Waals surface area contributed by atoms with E-state index in [9.17, 15) is 23.2 Å². The number of alkyl halides is 2. The number of ether oxygens (including phenoxy) is 1. The Balaban J connectivity index is 1.73. The highest BCUT2D eigenvalue weighted by molar-refractivity contribution is 6.10. The first-order valence-corrected chi connectivity index (χ1v) is 8.75. The average Bonchev–Trinajstić information content (AvgIpc) is 2.88. The van der Waals surface area contributed by atoms with E-state index >= 15 is 0 Å². The van der Waals surface area contributed by atoms with Crippen LogP contribution >= 0.6 is 0 Å². The molecular weight excluding hydrogens is 384 g/mol. The molecule has 1 atom stereocenters. The van der Waals surface area contributed by atoms with Crippen molar-refractivity contribution in [2.45, 2.75) is 26.0 Å². The topological polar surface area (TPSA) is 87.7 Å². The third-order valence-electron chi connectivity index (χ3n) is 4.65. The number of anilines is 1. The molecule has 0 radical (unpaired) electrons. The summed E-state index contributed by atoms with van der Waals surface area (Å²) >= 11 is 0. The Hall–Kier alpha value is -3.49. The van der Waals surface area contributed by atoms with Gasteiger partial charge in [-0.3, -0.25) is 14.5 Å². The Morgan fingerprint density at radius 1 is 1.17 bits per heavy atom. The van der Waals surface area contributed by atoms with Crippen molar-refractivity contribution in [2.75, 3.05) is 11.9 Å². The number of hydrogen-bond donors (Lipinski definition) is 2. The summed E-state index contributed by atoms with van der Waals surface area (Å²) < 4.78 is 28.9. The van der Waals surface area contributed by atoms with Gasteiger partial charge in [0.2, 0.25) is 5.91 Å². The number of carbonyl (C=O) groups is 3. The summed E-state index contributed by atoms with van der Waals surface area (Å²) in [5.41, 5.74) is 0.374. The summed E-state index contributed by atoms with van der Waals surface area (Å²) in [5, 5.41) is 5.23. The molecule has 1 aliphatic heterocycles. The van der Waals surface area contributed by atoms with Crippen LogP contribution in [0.15, 0.2) is 48.5 Å². The molecule has 4 amide bonds. The van der Waals surface area contributed by atoms with E-state index in [4.69, 9.17) is 0 Å². The Bertz CT molecular complexity index is 949. The Kier molecular flexibility index (Phi) is 5.49. The number of nitrogens with one attached hydrogen (secondary N) is 2. The van der Waals surface area contributed by atoms with E-state index in [0.717, 1.165) is 10.5 Å². The third-order valence-corrected chi connectivity index (χ3v) is 4.65. The number of imide groups is 1. The number of halogens is 2. The van der Waals surface area contributed by atoms with Crippen LogP contribution in [0, 0.1) is 6.92 Å². The molecular formula is C20H19F2N3O4. The largest absolute Gasteiger partial charge is 0.435 e. The molecule has 0 unspecified atom stereocenters. The SMILES string of the molecule is Cc1ccccc1NC(=O)CN1C(=O)N[C@@](C)(c2ccc(OC(F)F)cc2)C1=O. The summed E-state index contributed by atoms with van der Waals surface area (Å²) in [6, 6.07) is 11.8. The van der Waals surface area contributed by atoms with Crippen molar-refractivity contribution in [3.63, 3.8) is 0 Å². The third kappa shape index (κ3) is 4.18. The number of nitrogens with zero attached hydrogens (tertiary/aromatic N) is 1. The molecule has 2 aromatic rings. The van der Waals surface area contributed by atoms with Crippen molar-refractivity contribution in [1.82, 2.24) is 10.2 Å². The van der Waals surface area contributed by atoms with Gasteiger partial charge in [-0.05, 0) is 43.2 Å². The lowest BCUT2D eigenvalue weighted by atomic mass is 9.92. The predicted octanol–water partition coefficient (Wildman–Crippen LogP) is 3.00. The first-order chi connectivity index (χ1) is 13.7. The molecule has 1 aliphatic rings. The van der Waals surface area contributed by atoms with Gasteiger partial charge in [0, 0.05) is 5.69 Å². The second-order valence-corrected chi connectivity index (χ2v) is 6.71. The van der Waals surface area contributed by atoms with Gasteiger partial charge in [0.25, 0.3) is 5.91 Å². The van der Waals surface area contributed by atoms with Gasteiger partial charge in [0.05, 0.1) is 0 Å². The number of rotatable bonds is 6. The van der Waals surface area contributed by atoms with Crippen molar-refractivity contribution in [1.29, 1.82) is 0 Å². The number of carbonyl (C=O) groups excluding carboxylic acids is 3. The molecule has 1 saturated heterocycles. The highest BCUT2D eigenvalue weighted by Gasteiger charge is 2.49. The van der Waals surface area contributed by atoms with Crippen molar-refractivity contribution in [3.8, 4) is 5.75 Å². The lowest BCUT2D eigenvalue weighted by molar-refractivity contribution is -0.133. The van der Waals surface area contributed by atoms with E-state index in [0.29, 0.717) is 11.3 Å². The quantitative estimate of drug-likeness (QED) is 0.726. The van der Waals surface area contributed by atoms with Gasteiger partial charge in [0.1, 0.15) is 17.8 Å². The zero-order valence-corrected chi connectivity index (χ0v) is 15.7. The van der Waals surface area contributed by atoms with Crippen LogP contribution in [0.25, 0.3) is 0 Å². The van der Waals surface area contributed by atoms with E-state index < -0.39 is 36.5 Å². The second-order valence-electron chi connectivity index (χ2n) is 6.71. The van der Waals surface area contributed by atoms with Gasteiger partial charge < -0.3 is 15.4 Å². The predicted molar refractivity (Wildman–Crippen MR) is 100 cm³/mol. The van der Waals surface area contributed by atoms with Crippen molar-refractivity contribution >= 4 is 23.5 Å². The maximum Gasteiger partial charge on any atom is 0.387 e. The molecule has 2 N–H and O–H groups in total. The molecule has 9 heteroatoms. The van der Waals surface area contributed by atoms with Crippen LogP contribution in [-0.4, -0.2) is 35.9 Å². The van der Waals surface area contributed by atoms with Crippen molar-refractivity contribution in [3.05, 3.63) is 59.7 Å². The Morgan fingerprint density at radius 3 is 2.45 bits per heavy atom. The van der Waals surface area contributed by atoms with Crippen LogP contribution in [0.3, 0.4) is 0 Å². The number of hydrogen-bond acceptors (Lipinski definition) is 4. The van der Waals surface area contributed by atoms with E-state index in [2.05, 4.69) is 15.4 Å². The van der Waals surface area contributed by atoms with Crippen LogP contribution in [0.1, 0.15) is 18.1 Å². The fraction of sp³-hybridized carbons (Fsp3) is 0.250. The maximum absolute atomic E-state index is 12.9. The molecule has 152 valence electrons. The molecule has 0 bridgehead atoms. The number of urea groups is 1. The van der Waals surface area contributed by atoms with Crippen LogP contribution < -0.4 is 15.4 Å². The summed E-state index contributed by atoms with van der Waals surface area (Å²) in [7, 11) is 0. The van der Waals surface area contributed by atoms with E-state index in [1.54, 1.807) is 12.1 Å². The van der Waals surface area contributed by atoms with Gasteiger partial charge in [0.15, 0.2) is 0 Å². The van der Waals surface area contributed by atoms with Gasteiger partial charge in [-0.15, -0.1) is 0 Å². The molecule has 0 aromatic heterocycles. The second kappa shape index (κ2) is 7.86. The molecule has 0 aliphatic carbocycles. The van der Waals surface area contributed by atoms with E-state index in [1.807, 2.05) is 19.1 Å². The zero-order valence-electron chi connectivity index (χ0n) is 15.7. The van der Waals surface area contributed by atoms with Crippen LogP contribution in [0.5, 0.6) is 5.75 Å². The molecule has 0 spiro atoms. The zero-order chi connectivity index (χ0) is 21.2. The highest BCUT2D eigenvalue weighted by atomic mass is 19.3. The lowest BCUT2D eigenvalue weighted by Gasteiger charge is -2.22. The molecule has 1 fully saturated rings. The fourth-order valence-electron chi connectivity index (χ4n) is 3.05. The van der Waals surface area contributed by atoms with Crippen molar-refractivity contribution < 1.29 is 27.9 Å². The minimum atomic E-state index is -2.97. The summed E-state index contributed by atoms with van der Waals surface area (Å²) in [4.78, 5) is 38.3. The molecule has 2 aromatic carbocycles. The number of amides is 4. The Morgan fingerprint density at radius 2 is 1.83 bits per heavy atom.